The standard InChI is InChI=1S/C50H31NO2/c1-2-10-33(11-3-1)41-28-29-45(49-44-15-7-9-17-47(44)53-50(41)49)51(38-25-27-40-36(30-38)19-18-34-12-4-5-13-39(34)40)37-23-20-32(21-24-37)35-22-26-43-42-14-6-8-16-46(42)52-48(43)31-35/h1-31H. The molecular formula is C50H31NO2. The second-order valence-electron chi connectivity index (χ2n) is 13.7. The van der Waals surface area contributed by atoms with Gasteiger partial charge < -0.3 is 13.7 Å². The minimum atomic E-state index is 0.869. The Morgan fingerprint density at radius 3 is 1.81 bits per heavy atom. The van der Waals surface area contributed by atoms with Crippen LogP contribution in [0.5, 0.6) is 0 Å². The molecular weight excluding hydrogens is 647 g/mol. The number of benzene rings is 9. The molecule has 0 amide bonds. The minimum Gasteiger partial charge on any atom is -0.456 e. The van der Waals surface area contributed by atoms with Crippen molar-refractivity contribution < 1.29 is 8.83 Å². The van der Waals surface area contributed by atoms with Crippen LogP contribution >= 0.6 is 0 Å². The molecule has 248 valence electrons. The van der Waals surface area contributed by atoms with Crippen molar-refractivity contribution in [1.82, 2.24) is 0 Å². The topological polar surface area (TPSA) is 29.5 Å². The summed E-state index contributed by atoms with van der Waals surface area (Å²) in [6, 6.07) is 66.8. The molecule has 0 saturated heterocycles. The van der Waals surface area contributed by atoms with Gasteiger partial charge in [0.1, 0.15) is 22.3 Å². The van der Waals surface area contributed by atoms with E-state index in [9.17, 15) is 0 Å². The first-order chi connectivity index (χ1) is 26.3. The molecule has 0 atom stereocenters. The lowest BCUT2D eigenvalue weighted by Crippen LogP contribution is -2.10. The molecule has 0 radical (unpaired) electrons. The maximum Gasteiger partial charge on any atom is 0.145 e. The summed E-state index contributed by atoms with van der Waals surface area (Å²) >= 11 is 0. The van der Waals surface area contributed by atoms with Crippen LogP contribution in [0.15, 0.2) is 197 Å². The fraction of sp³-hybridized carbons (Fsp3) is 0. The van der Waals surface area contributed by atoms with Crippen molar-refractivity contribution in [2.75, 3.05) is 4.90 Å². The summed E-state index contributed by atoms with van der Waals surface area (Å²) in [6.07, 6.45) is 0. The predicted molar refractivity (Wildman–Crippen MR) is 222 cm³/mol. The Morgan fingerprint density at radius 2 is 0.962 bits per heavy atom. The Balaban J connectivity index is 1.12. The zero-order valence-electron chi connectivity index (χ0n) is 28.7. The summed E-state index contributed by atoms with van der Waals surface area (Å²) < 4.78 is 13.0. The lowest BCUT2D eigenvalue weighted by Gasteiger charge is -2.27. The number of furan rings is 2. The molecule has 0 fully saturated rings. The lowest BCUT2D eigenvalue weighted by molar-refractivity contribution is 0.669. The number of anilines is 3. The summed E-state index contributed by atoms with van der Waals surface area (Å²) in [5.74, 6) is 0. The highest BCUT2D eigenvalue weighted by Gasteiger charge is 2.22. The summed E-state index contributed by atoms with van der Waals surface area (Å²) in [7, 11) is 0. The molecule has 0 spiro atoms. The number of nitrogens with zero attached hydrogens (tertiary/aromatic N) is 1. The van der Waals surface area contributed by atoms with E-state index in [-0.39, 0.29) is 0 Å². The van der Waals surface area contributed by atoms with Crippen molar-refractivity contribution in [2.45, 2.75) is 0 Å². The van der Waals surface area contributed by atoms with E-state index in [4.69, 9.17) is 8.83 Å². The van der Waals surface area contributed by atoms with Gasteiger partial charge >= 0.3 is 0 Å². The highest BCUT2D eigenvalue weighted by Crippen LogP contribution is 2.47. The summed E-state index contributed by atoms with van der Waals surface area (Å²) in [6.45, 7) is 0. The molecule has 0 N–H and O–H groups in total. The SMILES string of the molecule is c1ccc(-c2ccc(N(c3ccc(-c4ccc5c(c4)oc4ccccc45)cc3)c3ccc4c(ccc5ccccc54)c3)c3c2oc2ccccc23)cc1. The van der Waals surface area contributed by atoms with Gasteiger partial charge in [0.2, 0.25) is 0 Å². The van der Waals surface area contributed by atoms with Gasteiger partial charge in [-0.1, -0.05) is 127 Å². The van der Waals surface area contributed by atoms with Crippen LogP contribution in [0.4, 0.5) is 17.1 Å². The fourth-order valence-corrected chi connectivity index (χ4v) is 8.12. The summed E-state index contributed by atoms with van der Waals surface area (Å²) in [5, 5.41) is 9.36. The molecule has 0 saturated carbocycles. The Hall–Kier alpha value is -7.10. The van der Waals surface area contributed by atoms with Gasteiger partial charge in [-0.3, -0.25) is 0 Å². The van der Waals surface area contributed by atoms with Crippen LogP contribution in [-0.2, 0) is 0 Å². The van der Waals surface area contributed by atoms with Crippen LogP contribution < -0.4 is 4.90 Å². The third-order valence-electron chi connectivity index (χ3n) is 10.7. The van der Waals surface area contributed by atoms with Crippen LogP contribution in [0.1, 0.15) is 0 Å². The quantitative estimate of drug-likeness (QED) is 0.170. The van der Waals surface area contributed by atoms with Crippen molar-refractivity contribution >= 4 is 82.5 Å². The average molecular weight is 678 g/mol. The molecule has 2 aromatic heterocycles. The Bertz CT molecular complexity index is 3170. The van der Waals surface area contributed by atoms with Crippen LogP contribution in [0, 0.1) is 0 Å². The first-order valence-electron chi connectivity index (χ1n) is 18.0. The normalized spacial score (nSPS) is 11.8. The van der Waals surface area contributed by atoms with Crippen molar-refractivity contribution in [3.8, 4) is 22.3 Å². The van der Waals surface area contributed by atoms with E-state index in [1.165, 1.54) is 21.5 Å². The number of para-hydroxylation sites is 2. The first kappa shape index (κ1) is 29.6. The number of rotatable bonds is 5. The lowest BCUT2D eigenvalue weighted by atomic mass is 9.98. The third kappa shape index (κ3) is 4.75. The molecule has 11 aromatic rings. The molecule has 53 heavy (non-hydrogen) atoms. The third-order valence-corrected chi connectivity index (χ3v) is 10.7. The molecule has 9 aromatic carbocycles. The summed E-state index contributed by atoms with van der Waals surface area (Å²) in [4.78, 5) is 2.37. The molecule has 0 bridgehead atoms. The highest BCUT2D eigenvalue weighted by atomic mass is 16.3. The van der Waals surface area contributed by atoms with Gasteiger partial charge in [0.25, 0.3) is 0 Å². The zero-order valence-corrected chi connectivity index (χ0v) is 28.7. The molecule has 2 heterocycles. The number of hydrogen-bond acceptors (Lipinski definition) is 3. The predicted octanol–water partition coefficient (Wildman–Crippen LogP) is 14.6. The van der Waals surface area contributed by atoms with E-state index < -0.39 is 0 Å². The van der Waals surface area contributed by atoms with Gasteiger partial charge in [-0.05, 0) is 98.9 Å². The van der Waals surface area contributed by atoms with Crippen LogP contribution in [0.2, 0.25) is 0 Å². The molecule has 0 unspecified atom stereocenters. The largest absolute Gasteiger partial charge is 0.456 e. The summed E-state index contributed by atoms with van der Waals surface area (Å²) in [5.41, 5.74) is 11.2. The smallest absolute Gasteiger partial charge is 0.145 e. The van der Waals surface area contributed by atoms with Crippen molar-refractivity contribution in [3.63, 3.8) is 0 Å². The van der Waals surface area contributed by atoms with Gasteiger partial charge in [-0.2, -0.15) is 0 Å². The van der Waals surface area contributed by atoms with Gasteiger partial charge in [0, 0.05) is 33.1 Å². The molecule has 0 aliphatic heterocycles. The first-order valence-corrected chi connectivity index (χ1v) is 18.0. The van der Waals surface area contributed by atoms with Gasteiger partial charge in [0.15, 0.2) is 0 Å². The van der Waals surface area contributed by atoms with Crippen molar-refractivity contribution in [2.24, 2.45) is 0 Å². The molecule has 3 heteroatoms. The van der Waals surface area contributed by atoms with E-state index in [1.54, 1.807) is 0 Å². The minimum absolute atomic E-state index is 0.869. The van der Waals surface area contributed by atoms with Gasteiger partial charge in [0.05, 0.1) is 11.1 Å². The van der Waals surface area contributed by atoms with Crippen LogP contribution in [0.25, 0.3) is 87.7 Å². The molecule has 11 rings (SSSR count). The Labute approximate surface area is 305 Å². The second kappa shape index (κ2) is 11.7. The maximum absolute atomic E-state index is 6.72. The van der Waals surface area contributed by atoms with E-state index in [0.717, 1.165) is 83.2 Å². The van der Waals surface area contributed by atoms with Gasteiger partial charge in [-0.15, -0.1) is 0 Å². The van der Waals surface area contributed by atoms with Gasteiger partial charge in [-0.25, -0.2) is 0 Å². The number of fused-ring (bicyclic) bond motifs is 9. The Morgan fingerprint density at radius 1 is 0.340 bits per heavy atom. The highest BCUT2D eigenvalue weighted by molar-refractivity contribution is 6.17. The Kier molecular flexibility index (Phi) is 6.55. The van der Waals surface area contributed by atoms with E-state index in [2.05, 4.69) is 175 Å². The monoisotopic (exact) mass is 677 g/mol. The fourth-order valence-electron chi connectivity index (χ4n) is 8.12. The molecule has 3 nitrogen and oxygen atoms in total. The van der Waals surface area contributed by atoms with Crippen LogP contribution in [0.3, 0.4) is 0 Å². The van der Waals surface area contributed by atoms with E-state index in [1.807, 2.05) is 18.2 Å². The van der Waals surface area contributed by atoms with E-state index >= 15 is 0 Å². The van der Waals surface area contributed by atoms with Crippen LogP contribution in [-0.4, -0.2) is 0 Å². The second-order valence-corrected chi connectivity index (χ2v) is 13.7. The maximum atomic E-state index is 6.72. The zero-order chi connectivity index (χ0) is 34.9. The molecule has 0 aliphatic rings. The van der Waals surface area contributed by atoms with Crippen molar-refractivity contribution in [3.05, 3.63) is 188 Å². The van der Waals surface area contributed by atoms with Crippen molar-refractivity contribution in [1.29, 1.82) is 0 Å². The number of hydrogen-bond donors (Lipinski definition) is 0. The van der Waals surface area contributed by atoms with E-state index in [0.29, 0.717) is 0 Å². The average Bonchev–Trinajstić information content (AvgIpc) is 3.80. The molecule has 0 aliphatic carbocycles.